The molecule has 3 heterocycles. The summed E-state index contributed by atoms with van der Waals surface area (Å²) in [5.41, 5.74) is 11.3. The number of aromatic nitrogens is 4. The van der Waals surface area contributed by atoms with Crippen LogP contribution in [-0.2, 0) is 5.41 Å². The average Bonchev–Trinajstić information content (AvgIpc) is 3.74. The van der Waals surface area contributed by atoms with Gasteiger partial charge in [-0.25, -0.2) is 4.98 Å². The molecule has 4 nitrogen and oxygen atoms in total. The Labute approximate surface area is 321 Å². The zero-order valence-electron chi connectivity index (χ0n) is 29.5. The van der Waals surface area contributed by atoms with Crippen LogP contribution in [0.4, 0.5) is 0 Å². The minimum absolute atomic E-state index is 0.509. The van der Waals surface area contributed by atoms with Crippen molar-refractivity contribution >= 4 is 44.3 Å². The van der Waals surface area contributed by atoms with Crippen LogP contribution in [0.15, 0.2) is 192 Å². The van der Waals surface area contributed by atoms with Crippen molar-refractivity contribution < 1.29 is 0 Å². The minimum Gasteiger partial charge on any atom is -0.277 e. The zero-order chi connectivity index (χ0) is 36.1. The minimum atomic E-state index is -0.509. The van der Waals surface area contributed by atoms with Crippen LogP contribution >= 0.6 is 11.8 Å². The van der Waals surface area contributed by atoms with E-state index in [1.807, 2.05) is 48.2 Å². The molecule has 0 unspecified atom stereocenters. The van der Waals surface area contributed by atoms with Crippen LogP contribution < -0.4 is 0 Å². The molecule has 0 radical (unpaired) electrons. The normalized spacial score (nSPS) is 13.5. The van der Waals surface area contributed by atoms with Crippen molar-refractivity contribution in [3.63, 3.8) is 0 Å². The third kappa shape index (κ3) is 4.27. The van der Waals surface area contributed by atoms with Crippen LogP contribution in [0, 0.1) is 0 Å². The molecule has 0 amide bonds. The summed E-state index contributed by atoms with van der Waals surface area (Å²) in [6.45, 7) is 0. The molecular formula is C50H30N4S. The zero-order valence-corrected chi connectivity index (χ0v) is 30.3. The number of nitrogens with zero attached hydrogens (tertiary/aromatic N) is 4. The molecule has 1 spiro atoms. The van der Waals surface area contributed by atoms with Crippen LogP contribution in [0.5, 0.6) is 0 Å². The Bertz CT molecular complexity index is 3080. The molecule has 8 aromatic carbocycles. The maximum absolute atomic E-state index is 5.32. The summed E-state index contributed by atoms with van der Waals surface area (Å²) in [7, 11) is 0. The number of hydrogen-bond donors (Lipinski definition) is 0. The molecule has 2 aromatic heterocycles. The molecule has 256 valence electrons. The van der Waals surface area contributed by atoms with Gasteiger partial charge >= 0.3 is 0 Å². The molecule has 0 saturated heterocycles. The maximum Gasteiger partial charge on any atom is 0.238 e. The quantitative estimate of drug-likeness (QED) is 0.182. The van der Waals surface area contributed by atoms with Crippen LogP contribution in [0.25, 0.3) is 72.4 Å². The van der Waals surface area contributed by atoms with Crippen molar-refractivity contribution in [2.24, 2.45) is 0 Å². The third-order valence-electron chi connectivity index (χ3n) is 11.5. The summed E-state index contributed by atoms with van der Waals surface area (Å²) in [6, 6.07) is 65.5. The second-order valence-corrected chi connectivity index (χ2v) is 15.4. The van der Waals surface area contributed by atoms with Gasteiger partial charge in [0.05, 0.1) is 16.4 Å². The van der Waals surface area contributed by atoms with Gasteiger partial charge in [0.2, 0.25) is 5.95 Å². The fourth-order valence-corrected chi connectivity index (χ4v) is 10.4. The van der Waals surface area contributed by atoms with E-state index in [1.165, 1.54) is 59.3 Å². The van der Waals surface area contributed by atoms with E-state index in [4.69, 9.17) is 15.0 Å². The first-order chi connectivity index (χ1) is 27.3. The molecule has 1 aliphatic carbocycles. The average molecular weight is 719 g/mol. The number of fused-ring (bicyclic) bond motifs is 14. The molecule has 2 aliphatic rings. The van der Waals surface area contributed by atoms with Crippen LogP contribution in [0.2, 0.25) is 0 Å². The predicted octanol–water partition coefficient (Wildman–Crippen LogP) is 12.3. The van der Waals surface area contributed by atoms with Crippen molar-refractivity contribution in [2.45, 2.75) is 15.2 Å². The van der Waals surface area contributed by atoms with Crippen LogP contribution in [0.3, 0.4) is 0 Å². The Morgan fingerprint density at radius 2 is 1.00 bits per heavy atom. The van der Waals surface area contributed by atoms with E-state index in [1.54, 1.807) is 0 Å². The molecule has 1 aliphatic heterocycles. The third-order valence-corrected chi connectivity index (χ3v) is 12.6. The summed E-state index contributed by atoms with van der Waals surface area (Å²) in [5, 5.41) is 4.66. The fraction of sp³-hybridized carbons (Fsp3) is 0.0200. The molecule has 0 atom stereocenters. The van der Waals surface area contributed by atoms with Gasteiger partial charge in [-0.15, -0.1) is 0 Å². The standard InChI is InChI=1S/C50H30N4S/c1-3-16-32(17-4-1)47-51-48(33-18-5-2-6-19-33)53-49(52-47)54-43-30-42-45(29-38(43)37-28-27-31-15-7-8-20-34(31)46(37)54)55-44-26-14-13-25-41(44)50(42)39-23-11-9-21-35(39)36-22-10-12-24-40(36)50/h1-30H. The Morgan fingerprint density at radius 3 is 1.69 bits per heavy atom. The van der Waals surface area contributed by atoms with Gasteiger partial charge in [0.15, 0.2) is 11.6 Å². The van der Waals surface area contributed by atoms with E-state index < -0.39 is 5.41 Å². The van der Waals surface area contributed by atoms with E-state index in [-0.39, 0.29) is 0 Å². The lowest BCUT2D eigenvalue weighted by Crippen LogP contribution is -2.32. The smallest absolute Gasteiger partial charge is 0.238 e. The molecule has 0 saturated carbocycles. The molecule has 0 N–H and O–H groups in total. The Morgan fingerprint density at radius 1 is 0.418 bits per heavy atom. The number of hydrogen-bond acceptors (Lipinski definition) is 4. The van der Waals surface area contributed by atoms with Gasteiger partial charge in [0.25, 0.3) is 0 Å². The van der Waals surface area contributed by atoms with Gasteiger partial charge in [-0.3, -0.25) is 4.57 Å². The van der Waals surface area contributed by atoms with Crippen molar-refractivity contribution in [1.29, 1.82) is 0 Å². The second kappa shape index (κ2) is 11.6. The highest BCUT2D eigenvalue weighted by Crippen LogP contribution is 2.62. The van der Waals surface area contributed by atoms with Crippen molar-refractivity contribution in [1.82, 2.24) is 19.5 Å². The first-order valence-electron chi connectivity index (χ1n) is 18.6. The first kappa shape index (κ1) is 30.6. The molecule has 10 aromatic rings. The van der Waals surface area contributed by atoms with Gasteiger partial charge in [-0.1, -0.05) is 176 Å². The summed E-state index contributed by atoms with van der Waals surface area (Å²) < 4.78 is 2.31. The summed E-state index contributed by atoms with van der Waals surface area (Å²) >= 11 is 1.87. The Hall–Kier alpha value is -6.82. The highest BCUT2D eigenvalue weighted by molar-refractivity contribution is 7.99. The summed E-state index contributed by atoms with van der Waals surface area (Å²) in [6.07, 6.45) is 0. The number of benzene rings is 8. The van der Waals surface area contributed by atoms with E-state index >= 15 is 0 Å². The van der Waals surface area contributed by atoms with Crippen LogP contribution in [-0.4, -0.2) is 19.5 Å². The highest BCUT2D eigenvalue weighted by atomic mass is 32.2. The topological polar surface area (TPSA) is 43.6 Å². The lowest BCUT2D eigenvalue weighted by atomic mass is 9.67. The molecule has 12 rings (SSSR count). The highest BCUT2D eigenvalue weighted by Gasteiger charge is 2.50. The van der Waals surface area contributed by atoms with Crippen molar-refractivity contribution in [2.75, 3.05) is 0 Å². The van der Waals surface area contributed by atoms with Gasteiger partial charge in [-0.2, -0.15) is 9.97 Å². The second-order valence-electron chi connectivity index (χ2n) is 14.3. The molecule has 0 fully saturated rings. The maximum atomic E-state index is 5.32. The van der Waals surface area contributed by atoms with E-state index in [9.17, 15) is 0 Å². The van der Waals surface area contributed by atoms with E-state index in [0.29, 0.717) is 17.6 Å². The monoisotopic (exact) mass is 718 g/mol. The summed E-state index contributed by atoms with van der Waals surface area (Å²) in [5.74, 6) is 1.86. The first-order valence-corrected chi connectivity index (χ1v) is 19.4. The molecule has 0 bridgehead atoms. The fourth-order valence-electron chi connectivity index (χ4n) is 9.23. The van der Waals surface area contributed by atoms with E-state index in [0.717, 1.165) is 27.5 Å². The van der Waals surface area contributed by atoms with Gasteiger partial charge in [-0.05, 0) is 57.0 Å². The van der Waals surface area contributed by atoms with Crippen molar-refractivity contribution in [3.8, 4) is 39.9 Å². The van der Waals surface area contributed by atoms with Crippen molar-refractivity contribution in [3.05, 3.63) is 204 Å². The molecule has 55 heavy (non-hydrogen) atoms. The molecular weight excluding hydrogens is 689 g/mol. The SMILES string of the molecule is c1ccc(-c2nc(-c3ccccc3)nc(-n3c4cc5c(cc4c4ccc6ccccc6c43)Sc3ccccc3C53c4ccccc4-c4ccccc43)n2)cc1. The van der Waals surface area contributed by atoms with Gasteiger partial charge in [0, 0.05) is 37.1 Å². The lowest BCUT2D eigenvalue weighted by Gasteiger charge is -2.39. The Balaban J connectivity index is 1.25. The van der Waals surface area contributed by atoms with Gasteiger partial charge < -0.3 is 0 Å². The van der Waals surface area contributed by atoms with E-state index in [2.05, 4.69) is 150 Å². The largest absolute Gasteiger partial charge is 0.277 e. The van der Waals surface area contributed by atoms with Gasteiger partial charge in [0.1, 0.15) is 0 Å². The van der Waals surface area contributed by atoms with Crippen LogP contribution in [0.1, 0.15) is 22.3 Å². The predicted molar refractivity (Wildman–Crippen MR) is 224 cm³/mol. The lowest BCUT2D eigenvalue weighted by molar-refractivity contribution is 0.723. The molecule has 5 heteroatoms. The number of rotatable bonds is 3. The summed E-state index contributed by atoms with van der Waals surface area (Å²) in [4.78, 5) is 18.3. The Kier molecular flexibility index (Phi) is 6.45.